The Morgan fingerprint density at radius 2 is 1.68 bits per heavy atom. The van der Waals surface area contributed by atoms with Crippen molar-refractivity contribution in [2.75, 3.05) is 18.6 Å². The monoisotopic (exact) mass is 423 g/mol. The lowest BCUT2D eigenvalue weighted by Gasteiger charge is -2.21. The van der Waals surface area contributed by atoms with Gasteiger partial charge in [-0.05, 0) is 37.1 Å². The van der Waals surface area contributed by atoms with E-state index < -0.39 is 36.7 Å². The molecule has 0 unspecified atom stereocenters. The van der Waals surface area contributed by atoms with Gasteiger partial charge < -0.3 is 10.1 Å². The zero-order valence-electron chi connectivity index (χ0n) is 16.2. The van der Waals surface area contributed by atoms with Crippen LogP contribution in [0.25, 0.3) is 0 Å². The first kappa shape index (κ1) is 20.8. The van der Waals surface area contributed by atoms with Gasteiger partial charge >= 0.3 is 0 Å². The third-order valence-corrected chi connectivity index (χ3v) is 9.18. The van der Waals surface area contributed by atoms with Crippen molar-refractivity contribution in [1.29, 1.82) is 0 Å². The Morgan fingerprint density at radius 1 is 1.04 bits per heavy atom. The van der Waals surface area contributed by atoms with Gasteiger partial charge in [0.15, 0.2) is 19.7 Å². The molecule has 1 N–H and O–H groups in total. The highest BCUT2D eigenvalue weighted by Gasteiger charge is 2.46. The summed E-state index contributed by atoms with van der Waals surface area (Å²) in [5.74, 6) is -0.360. The highest BCUT2D eigenvalue weighted by Crippen LogP contribution is 2.32. The number of hydrogen-bond acceptors (Lipinski definition) is 6. The van der Waals surface area contributed by atoms with Crippen molar-refractivity contribution in [3.8, 4) is 5.75 Å². The van der Waals surface area contributed by atoms with Crippen LogP contribution >= 0.6 is 0 Å². The van der Waals surface area contributed by atoms with Crippen LogP contribution in [0.3, 0.4) is 0 Å². The fourth-order valence-electron chi connectivity index (χ4n) is 3.44. The first-order chi connectivity index (χ1) is 13.1. The van der Waals surface area contributed by atoms with Crippen molar-refractivity contribution >= 4 is 19.7 Å². The van der Waals surface area contributed by atoms with Crippen molar-refractivity contribution in [3.05, 3.63) is 59.2 Å². The van der Waals surface area contributed by atoms with Crippen LogP contribution in [0, 0.1) is 13.8 Å². The molecule has 8 heteroatoms. The molecule has 2 aromatic carbocycles. The van der Waals surface area contributed by atoms with E-state index in [-0.39, 0.29) is 16.4 Å². The molecular formula is C20H25NO5S2. The molecule has 0 aliphatic carbocycles. The fourth-order valence-corrected chi connectivity index (χ4v) is 8.40. The van der Waals surface area contributed by atoms with E-state index in [1.807, 2.05) is 31.2 Å². The molecule has 2 aromatic rings. The molecule has 3 rings (SSSR count). The van der Waals surface area contributed by atoms with E-state index in [1.54, 1.807) is 19.1 Å². The van der Waals surface area contributed by atoms with Crippen molar-refractivity contribution in [3.63, 3.8) is 0 Å². The number of hydrogen-bond donors (Lipinski definition) is 1. The highest BCUT2D eigenvalue weighted by molar-refractivity contribution is 7.96. The van der Waals surface area contributed by atoms with Crippen LogP contribution in [0.1, 0.15) is 16.7 Å². The smallest absolute Gasteiger partial charge is 0.187 e. The van der Waals surface area contributed by atoms with Crippen molar-refractivity contribution in [2.45, 2.75) is 36.6 Å². The van der Waals surface area contributed by atoms with Gasteiger partial charge in [-0.2, -0.15) is 0 Å². The van der Waals surface area contributed by atoms with Crippen LogP contribution in [-0.2, 0) is 26.2 Å². The van der Waals surface area contributed by atoms with Gasteiger partial charge in [0.25, 0.3) is 0 Å². The second kappa shape index (κ2) is 7.85. The minimum Gasteiger partial charge on any atom is -0.495 e. The van der Waals surface area contributed by atoms with E-state index in [9.17, 15) is 16.8 Å². The van der Waals surface area contributed by atoms with Gasteiger partial charge in [-0.3, -0.25) is 0 Å². The Kier molecular flexibility index (Phi) is 5.84. The lowest BCUT2D eigenvalue weighted by Crippen LogP contribution is -2.43. The molecule has 1 aliphatic rings. The SMILES string of the molecule is COc1ccc(C)cc1S(=O)(=O)[C@H]1CS(=O)(=O)C[C@@H]1NCc1ccc(C)cc1. The molecule has 1 saturated heterocycles. The van der Waals surface area contributed by atoms with E-state index in [0.717, 1.165) is 16.7 Å². The van der Waals surface area contributed by atoms with Gasteiger partial charge in [0.2, 0.25) is 0 Å². The molecule has 0 spiro atoms. The Morgan fingerprint density at radius 3 is 2.32 bits per heavy atom. The largest absolute Gasteiger partial charge is 0.495 e. The Hall–Kier alpha value is -1.90. The average molecular weight is 424 g/mol. The number of aryl methyl sites for hydroxylation is 2. The van der Waals surface area contributed by atoms with E-state index in [2.05, 4.69) is 5.32 Å². The molecular weight excluding hydrogens is 398 g/mol. The topological polar surface area (TPSA) is 89.5 Å². The number of ether oxygens (including phenoxy) is 1. The summed E-state index contributed by atoms with van der Waals surface area (Å²) < 4.78 is 56.4. The maximum Gasteiger partial charge on any atom is 0.187 e. The summed E-state index contributed by atoms with van der Waals surface area (Å²) in [5.41, 5.74) is 2.86. The van der Waals surface area contributed by atoms with Gasteiger partial charge in [0.1, 0.15) is 10.6 Å². The quantitative estimate of drug-likeness (QED) is 0.765. The number of benzene rings is 2. The molecule has 0 bridgehead atoms. The summed E-state index contributed by atoms with van der Waals surface area (Å²) in [6.07, 6.45) is 0. The maximum absolute atomic E-state index is 13.3. The predicted molar refractivity (Wildman–Crippen MR) is 109 cm³/mol. The van der Waals surface area contributed by atoms with Crippen LogP contribution < -0.4 is 10.1 Å². The molecule has 2 atom stereocenters. The van der Waals surface area contributed by atoms with Crippen LogP contribution in [0.5, 0.6) is 5.75 Å². The van der Waals surface area contributed by atoms with Gasteiger partial charge in [0.05, 0.1) is 23.9 Å². The lowest BCUT2D eigenvalue weighted by atomic mass is 10.1. The van der Waals surface area contributed by atoms with Crippen LogP contribution in [0.2, 0.25) is 0 Å². The minimum absolute atomic E-state index is 0.0410. The Bertz CT molecular complexity index is 1060. The van der Waals surface area contributed by atoms with Gasteiger partial charge in [-0.1, -0.05) is 35.9 Å². The van der Waals surface area contributed by atoms with E-state index in [0.29, 0.717) is 6.54 Å². The Balaban J connectivity index is 1.91. The van der Waals surface area contributed by atoms with Crippen molar-refractivity contribution in [2.24, 2.45) is 0 Å². The maximum atomic E-state index is 13.3. The fraction of sp³-hybridized carbons (Fsp3) is 0.400. The van der Waals surface area contributed by atoms with E-state index in [4.69, 9.17) is 4.74 Å². The van der Waals surface area contributed by atoms with Crippen LogP contribution in [0.4, 0.5) is 0 Å². The summed E-state index contributed by atoms with van der Waals surface area (Å²) in [5, 5.41) is 2.10. The third kappa shape index (κ3) is 4.39. The van der Waals surface area contributed by atoms with Crippen molar-refractivity contribution < 1.29 is 21.6 Å². The second-order valence-corrected chi connectivity index (χ2v) is 11.6. The molecule has 0 amide bonds. The van der Waals surface area contributed by atoms with Gasteiger partial charge in [0, 0.05) is 12.6 Å². The van der Waals surface area contributed by atoms with Gasteiger partial charge in [-0.15, -0.1) is 0 Å². The number of rotatable bonds is 6. The molecule has 6 nitrogen and oxygen atoms in total. The molecule has 1 fully saturated rings. The number of sulfone groups is 2. The summed E-state index contributed by atoms with van der Waals surface area (Å²) in [7, 11) is -5.96. The molecule has 1 aliphatic heterocycles. The molecule has 152 valence electrons. The first-order valence-electron chi connectivity index (χ1n) is 9.00. The van der Waals surface area contributed by atoms with Crippen LogP contribution in [-0.4, -0.2) is 46.7 Å². The summed E-state index contributed by atoms with van der Waals surface area (Å²) in [6, 6.07) is 12.0. The molecule has 0 radical (unpaired) electrons. The second-order valence-electron chi connectivity index (χ2n) is 7.29. The highest BCUT2D eigenvalue weighted by atomic mass is 32.2. The zero-order valence-corrected chi connectivity index (χ0v) is 17.8. The average Bonchev–Trinajstić information content (AvgIpc) is 2.96. The van der Waals surface area contributed by atoms with Crippen LogP contribution in [0.15, 0.2) is 47.4 Å². The molecule has 28 heavy (non-hydrogen) atoms. The van der Waals surface area contributed by atoms with Crippen molar-refractivity contribution in [1.82, 2.24) is 5.32 Å². The molecule has 0 aromatic heterocycles. The van der Waals surface area contributed by atoms with Gasteiger partial charge in [-0.25, -0.2) is 16.8 Å². The zero-order chi connectivity index (χ0) is 20.5. The molecule has 1 heterocycles. The summed E-state index contributed by atoms with van der Waals surface area (Å²) in [6.45, 7) is 4.17. The minimum atomic E-state index is -3.90. The normalized spacial score (nSPS) is 21.5. The lowest BCUT2D eigenvalue weighted by molar-refractivity contribution is 0.402. The third-order valence-electron chi connectivity index (χ3n) is 5.01. The molecule has 0 saturated carbocycles. The van der Waals surface area contributed by atoms with E-state index in [1.165, 1.54) is 13.2 Å². The summed E-state index contributed by atoms with van der Waals surface area (Å²) in [4.78, 5) is 0.0410. The number of methoxy groups -OCH3 is 1. The Labute approximate surface area is 166 Å². The predicted octanol–water partition coefficient (Wildman–Crippen LogP) is 2.04. The van der Waals surface area contributed by atoms with E-state index >= 15 is 0 Å². The first-order valence-corrected chi connectivity index (χ1v) is 12.4. The standard InChI is InChI=1S/C20H25NO5S2/c1-14-4-7-16(8-5-14)11-21-17-12-27(22,23)13-20(17)28(24,25)19-10-15(2)6-9-18(19)26-3/h4-10,17,20-21H,11-13H2,1-3H3/t17-,20-/m0/s1. The summed E-state index contributed by atoms with van der Waals surface area (Å²) >= 11 is 0. The number of nitrogens with one attached hydrogen (secondary N) is 1.